The number of allylic oxidation sites excluding steroid dienone is 2. The van der Waals surface area contributed by atoms with Crippen LogP contribution in [0.2, 0.25) is 0 Å². The van der Waals surface area contributed by atoms with Crippen molar-refractivity contribution in [1.82, 2.24) is 0 Å². The highest BCUT2D eigenvalue weighted by Crippen LogP contribution is 2.32. The summed E-state index contributed by atoms with van der Waals surface area (Å²) in [6.45, 7) is 4.34. The van der Waals surface area contributed by atoms with E-state index in [0.29, 0.717) is 5.92 Å². The summed E-state index contributed by atoms with van der Waals surface area (Å²) in [6.07, 6.45) is 6.28. The minimum atomic E-state index is 0.104. The fraction of sp³-hybridized carbons (Fsp3) is 0.467. The molecule has 2 atom stereocenters. The molecule has 1 heteroatoms. The minimum Gasteiger partial charge on any atom is -0.118 e. The van der Waals surface area contributed by atoms with Gasteiger partial charge in [-0.2, -0.15) is 0 Å². The molecular formula is C15H19Cl. The monoisotopic (exact) mass is 234 g/mol. The van der Waals surface area contributed by atoms with Crippen LogP contribution in [0.5, 0.6) is 0 Å². The molecule has 0 aromatic heterocycles. The lowest BCUT2D eigenvalue weighted by Crippen LogP contribution is -2.03. The van der Waals surface area contributed by atoms with E-state index in [9.17, 15) is 0 Å². The molecule has 0 spiro atoms. The zero-order chi connectivity index (χ0) is 11.5. The first-order chi connectivity index (χ1) is 7.68. The third-order valence-electron chi connectivity index (χ3n) is 3.44. The second-order valence-electron chi connectivity index (χ2n) is 4.73. The molecule has 1 aliphatic carbocycles. The molecule has 0 amide bonds. The standard InChI is InChI=1S/C15H19Cl/c1-11-5-3-4-6-15(11)14-9-7-13(8-10-14)12(2)16/h6-12H,3-5H2,1-2H3. The maximum absolute atomic E-state index is 6.06. The lowest BCUT2D eigenvalue weighted by molar-refractivity contribution is 0.601. The second-order valence-corrected chi connectivity index (χ2v) is 5.38. The van der Waals surface area contributed by atoms with Crippen LogP contribution in [0.25, 0.3) is 5.57 Å². The summed E-state index contributed by atoms with van der Waals surface area (Å²) in [7, 11) is 0. The minimum absolute atomic E-state index is 0.104. The normalized spacial score (nSPS) is 22.7. The highest BCUT2D eigenvalue weighted by atomic mass is 35.5. The van der Waals surface area contributed by atoms with Gasteiger partial charge in [-0.25, -0.2) is 0 Å². The summed E-state index contributed by atoms with van der Waals surface area (Å²) in [5.41, 5.74) is 4.09. The van der Waals surface area contributed by atoms with Crippen LogP contribution in [0.4, 0.5) is 0 Å². The number of alkyl halides is 1. The predicted octanol–water partition coefficient (Wildman–Crippen LogP) is 5.19. The molecule has 16 heavy (non-hydrogen) atoms. The van der Waals surface area contributed by atoms with Crippen LogP contribution in [0, 0.1) is 5.92 Å². The summed E-state index contributed by atoms with van der Waals surface area (Å²) in [5.74, 6) is 0.702. The van der Waals surface area contributed by atoms with Crippen LogP contribution < -0.4 is 0 Å². The molecule has 0 heterocycles. The van der Waals surface area contributed by atoms with E-state index in [1.807, 2.05) is 6.92 Å². The molecule has 0 nitrogen and oxygen atoms in total. The quantitative estimate of drug-likeness (QED) is 0.618. The molecule has 0 aliphatic heterocycles. The predicted molar refractivity (Wildman–Crippen MR) is 71.7 cm³/mol. The van der Waals surface area contributed by atoms with Crippen LogP contribution in [0.3, 0.4) is 0 Å². The summed E-state index contributed by atoms with van der Waals surface area (Å²) in [6, 6.07) is 8.72. The van der Waals surface area contributed by atoms with Crippen molar-refractivity contribution >= 4 is 17.2 Å². The van der Waals surface area contributed by atoms with Crippen LogP contribution in [-0.4, -0.2) is 0 Å². The van der Waals surface area contributed by atoms with Gasteiger partial charge in [0, 0.05) is 0 Å². The van der Waals surface area contributed by atoms with Gasteiger partial charge < -0.3 is 0 Å². The Balaban J connectivity index is 2.24. The maximum Gasteiger partial charge on any atom is 0.0557 e. The van der Waals surface area contributed by atoms with Gasteiger partial charge in [-0.1, -0.05) is 37.3 Å². The molecule has 0 radical (unpaired) electrons. The molecule has 1 aromatic carbocycles. The van der Waals surface area contributed by atoms with Crippen molar-refractivity contribution in [2.75, 3.05) is 0 Å². The van der Waals surface area contributed by atoms with Crippen LogP contribution >= 0.6 is 11.6 Å². The average Bonchev–Trinajstić information content (AvgIpc) is 2.30. The summed E-state index contributed by atoms with van der Waals surface area (Å²) < 4.78 is 0. The van der Waals surface area contributed by atoms with Crippen molar-refractivity contribution in [2.45, 2.75) is 38.5 Å². The van der Waals surface area contributed by atoms with E-state index < -0.39 is 0 Å². The van der Waals surface area contributed by atoms with Crippen molar-refractivity contribution in [3.63, 3.8) is 0 Å². The van der Waals surface area contributed by atoms with Gasteiger partial charge in [0.25, 0.3) is 0 Å². The summed E-state index contributed by atoms with van der Waals surface area (Å²) >= 11 is 6.06. The largest absolute Gasteiger partial charge is 0.118 e. The zero-order valence-corrected chi connectivity index (χ0v) is 10.8. The molecule has 1 aromatic rings. The van der Waals surface area contributed by atoms with Gasteiger partial charge in [-0.15, -0.1) is 11.6 Å². The van der Waals surface area contributed by atoms with E-state index in [2.05, 4.69) is 37.3 Å². The second kappa shape index (κ2) is 5.05. The van der Waals surface area contributed by atoms with Crippen molar-refractivity contribution < 1.29 is 0 Å². The lowest BCUT2D eigenvalue weighted by Gasteiger charge is -2.21. The van der Waals surface area contributed by atoms with Crippen molar-refractivity contribution in [3.05, 3.63) is 41.5 Å². The maximum atomic E-state index is 6.06. The number of hydrogen-bond acceptors (Lipinski definition) is 0. The Bertz CT molecular complexity index is 373. The van der Waals surface area contributed by atoms with Crippen LogP contribution in [-0.2, 0) is 0 Å². The average molecular weight is 235 g/mol. The molecule has 0 bridgehead atoms. The van der Waals surface area contributed by atoms with Crippen LogP contribution in [0.15, 0.2) is 30.3 Å². The Labute approximate surface area is 103 Å². The Hall–Kier alpha value is -0.750. The van der Waals surface area contributed by atoms with Gasteiger partial charge in [0.1, 0.15) is 0 Å². The molecule has 1 aliphatic rings. The van der Waals surface area contributed by atoms with Crippen molar-refractivity contribution in [2.24, 2.45) is 5.92 Å². The van der Waals surface area contributed by atoms with Gasteiger partial charge in [0.05, 0.1) is 5.38 Å². The Morgan fingerprint density at radius 2 is 1.94 bits per heavy atom. The molecule has 0 N–H and O–H groups in total. The Morgan fingerprint density at radius 3 is 2.50 bits per heavy atom. The first kappa shape index (κ1) is 11.7. The summed E-state index contributed by atoms with van der Waals surface area (Å²) in [5, 5.41) is 0.104. The van der Waals surface area contributed by atoms with Gasteiger partial charge in [-0.3, -0.25) is 0 Å². The Kier molecular flexibility index (Phi) is 3.70. The molecule has 0 fully saturated rings. The van der Waals surface area contributed by atoms with Gasteiger partial charge in [0.2, 0.25) is 0 Å². The van der Waals surface area contributed by atoms with Gasteiger partial charge in [0.15, 0.2) is 0 Å². The number of halogens is 1. The van der Waals surface area contributed by atoms with E-state index in [0.717, 1.165) is 0 Å². The number of benzene rings is 1. The van der Waals surface area contributed by atoms with Gasteiger partial charge >= 0.3 is 0 Å². The third-order valence-corrected chi connectivity index (χ3v) is 3.69. The summed E-state index contributed by atoms with van der Waals surface area (Å²) in [4.78, 5) is 0. The van der Waals surface area contributed by atoms with E-state index >= 15 is 0 Å². The molecule has 0 saturated carbocycles. The SMILES string of the molecule is CC1CCCC=C1c1ccc(C(C)Cl)cc1. The van der Waals surface area contributed by atoms with Crippen LogP contribution in [0.1, 0.15) is 49.6 Å². The fourth-order valence-corrected chi connectivity index (χ4v) is 2.53. The first-order valence-corrected chi connectivity index (χ1v) is 6.56. The highest BCUT2D eigenvalue weighted by molar-refractivity contribution is 6.20. The van der Waals surface area contributed by atoms with Crippen molar-refractivity contribution in [3.8, 4) is 0 Å². The topological polar surface area (TPSA) is 0 Å². The third kappa shape index (κ3) is 2.49. The van der Waals surface area contributed by atoms with Crippen molar-refractivity contribution in [1.29, 1.82) is 0 Å². The zero-order valence-electron chi connectivity index (χ0n) is 10.0. The van der Waals surface area contributed by atoms with E-state index in [4.69, 9.17) is 11.6 Å². The molecule has 2 rings (SSSR count). The van der Waals surface area contributed by atoms with E-state index in [-0.39, 0.29) is 5.38 Å². The molecular weight excluding hydrogens is 216 g/mol. The highest BCUT2D eigenvalue weighted by Gasteiger charge is 2.14. The smallest absolute Gasteiger partial charge is 0.0557 e. The lowest BCUT2D eigenvalue weighted by atomic mass is 9.85. The molecule has 86 valence electrons. The molecule has 2 unspecified atom stereocenters. The molecule has 0 saturated heterocycles. The fourth-order valence-electron chi connectivity index (χ4n) is 2.38. The number of hydrogen-bond donors (Lipinski definition) is 0. The first-order valence-electron chi connectivity index (χ1n) is 6.13. The van der Waals surface area contributed by atoms with E-state index in [1.54, 1.807) is 0 Å². The Morgan fingerprint density at radius 1 is 1.25 bits per heavy atom. The van der Waals surface area contributed by atoms with E-state index in [1.165, 1.54) is 36.0 Å². The number of rotatable bonds is 2. The van der Waals surface area contributed by atoms with Gasteiger partial charge in [-0.05, 0) is 48.8 Å².